The molecular weight excluding hydrogens is 328 g/mol. The zero-order valence-corrected chi connectivity index (χ0v) is 14.5. The van der Waals surface area contributed by atoms with Crippen molar-refractivity contribution in [2.45, 2.75) is 17.6 Å². The van der Waals surface area contributed by atoms with Crippen molar-refractivity contribution in [1.29, 1.82) is 0 Å². The molecule has 0 spiro atoms. The van der Waals surface area contributed by atoms with Gasteiger partial charge >= 0.3 is 12.1 Å². The number of carbonyl (C=O) groups is 1. The lowest BCUT2D eigenvalue weighted by atomic mass is 10.1. The number of methoxy groups -OCH3 is 2. The number of ether oxygens (including phenoxy) is 2. The third-order valence-electron chi connectivity index (χ3n) is 3.10. The molecule has 5 nitrogen and oxygen atoms in total. The number of hydrogen-bond donors (Lipinski definition) is 0. The van der Waals surface area contributed by atoms with E-state index in [4.69, 9.17) is 19.1 Å². The van der Waals surface area contributed by atoms with Crippen LogP contribution in [0.2, 0.25) is 0 Å². The SMILES string of the molecule is COC(=O)c1ccc(C)cc1SCc1ccc(OC)cc1.O=C=O. The first kappa shape index (κ1) is 19.5. The van der Waals surface area contributed by atoms with Crippen molar-refractivity contribution in [2.24, 2.45) is 0 Å². The minimum atomic E-state index is -0.299. The lowest BCUT2D eigenvalue weighted by Crippen LogP contribution is -2.03. The number of aryl methyl sites for hydroxylation is 1. The van der Waals surface area contributed by atoms with Crippen LogP contribution in [-0.2, 0) is 20.1 Å². The van der Waals surface area contributed by atoms with Crippen LogP contribution in [0.1, 0.15) is 21.5 Å². The van der Waals surface area contributed by atoms with E-state index >= 15 is 0 Å². The molecule has 126 valence electrons. The van der Waals surface area contributed by atoms with Gasteiger partial charge < -0.3 is 9.47 Å². The van der Waals surface area contributed by atoms with Gasteiger partial charge in [-0.05, 0) is 42.3 Å². The zero-order valence-electron chi connectivity index (χ0n) is 13.7. The molecule has 6 heteroatoms. The van der Waals surface area contributed by atoms with Crippen molar-refractivity contribution in [3.8, 4) is 5.75 Å². The fourth-order valence-corrected chi connectivity index (χ4v) is 3.00. The van der Waals surface area contributed by atoms with Gasteiger partial charge in [0, 0.05) is 10.6 Å². The molecule has 0 heterocycles. The Hall–Kier alpha value is -2.56. The Morgan fingerprint density at radius 3 is 2.25 bits per heavy atom. The number of esters is 1. The Bertz CT molecular complexity index is 704. The molecule has 2 aromatic rings. The monoisotopic (exact) mass is 346 g/mol. The molecule has 0 amide bonds. The maximum absolute atomic E-state index is 11.8. The summed E-state index contributed by atoms with van der Waals surface area (Å²) < 4.78 is 9.98. The van der Waals surface area contributed by atoms with E-state index in [1.807, 2.05) is 49.4 Å². The van der Waals surface area contributed by atoms with Gasteiger partial charge in [0.05, 0.1) is 19.8 Å². The van der Waals surface area contributed by atoms with Crippen molar-refractivity contribution < 1.29 is 23.9 Å². The number of rotatable bonds is 5. The van der Waals surface area contributed by atoms with E-state index < -0.39 is 0 Å². The molecule has 0 aromatic heterocycles. The predicted molar refractivity (Wildman–Crippen MR) is 90.1 cm³/mol. The second kappa shape index (κ2) is 10.3. The highest BCUT2D eigenvalue weighted by Crippen LogP contribution is 2.28. The number of thioether (sulfide) groups is 1. The smallest absolute Gasteiger partial charge is 0.373 e. The topological polar surface area (TPSA) is 69.7 Å². The van der Waals surface area contributed by atoms with Gasteiger partial charge in [0.25, 0.3) is 0 Å². The predicted octanol–water partition coefficient (Wildman–Crippen LogP) is 3.50. The van der Waals surface area contributed by atoms with Crippen LogP contribution in [0.15, 0.2) is 47.4 Å². The normalized spacial score (nSPS) is 9.29. The van der Waals surface area contributed by atoms with Gasteiger partial charge in [-0.15, -0.1) is 11.8 Å². The van der Waals surface area contributed by atoms with Gasteiger partial charge in [0.15, 0.2) is 0 Å². The molecule has 0 saturated carbocycles. The second-order valence-electron chi connectivity index (χ2n) is 4.71. The van der Waals surface area contributed by atoms with E-state index in [-0.39, 0.29) is 12.1 Å². The summed E-state index contributed by atoms with van der Waals surface area (Å²) in [6.07, 6.45) is 0.250. The Morgan fingerprint density at radius 1 is 1.08 bits per heavy atom. The Balaban J connectivity index is 0.000000891. The number of carbonyl (C=O) groups excluding carboxylic acids is 3. The van der Waals surface area contributed by atoms with Crippen LogP contribution in [0.3, 0.4) is 0 Å². The molecule has 0 radical (unpaired) electrons. The summed E-state index contributed by atoms with van der Waals surface area (Å²) >= 11 is 1.63. The summed E-state index contributed by atoms with van der Waals surface area (Å²) in [6, 6.07) is 13.7. The average Bonchev–Trinajstić information content (AvgIpc) is 2.60. The molecule has 0 aliphatic carbocycles. The first-order valence-corrected chi connectivity index (χ1v) is 7.98. The largest absolute Gasteiger partial charge is 0.497 e. The lowest BCUT2D eigenvalue weighted by Gasteiger charge is -2.09. The molecule has 0 atom stereocenters. The zero-order chi connectivity index (χ0) is 17.9. The van der Waals surface area contributed by atoms with Crippen LogP contribution in [0.4, 0.5) is 0 Å². The van der Waals surface area contributed by atoms with Crippen molar-refractivity contribution in [3.05, 3.63) is 59.2 Å². The number of benzene rings is 2. The first-order valence-electron chi connectivity index (χ1n) is 6.99. The van der Waals surface area contributed by atoms with E-state index in [1.54, 1.807) is 18.9 Å². The summed E-state index contributed by atoms with van der Waals surface area (Å²) in [5, 5.41) is 0. The van der Waals surface area contributed by atoms with Gasteiger partial charge in [0.2, 0.25) is 0 Å². The Kier molecular flexibility index (Phi) is 8.33. The summed E-state index contributed by atoms with van der Waals surface area (Å²) in [4.78, 5) is 29.0. The Labute approximate surface area is 145 Å². The van der Waals surface area contributed by atoms with Crippen molar-refractivity contribution in [1.82, 2.24) is 0 Å². The second-order valence-corrected chi connectivity index (χ2v) is 5.73. The molecule has 2 rings (SSSR count). The van der Waals surface area contributed by atoms with Crippen LogP contribution in [0, 0.1) is 6.92 Å². The summed E-state index contributed by atoms with van der Waals surface area (Å²) in [6.45, 7) is 2.01. The van der Waals surface area contributed by atoms with Gasteiger partial charge in [-0.3, -0.25) is 0 Å². The van der Waals surface area contributed by atoms with Gasteiger partial charge in [-0.25, -0.2) is 4.79 Å². The minimum Gasteiger partial charge on any atom is -0.497 e. The van der Waals surface area contributed by atoms with Crippen molar-refractivity contribution >= 4 is 23.9 Å². The van der Waals surface area contributed by atoms with Crippen LogP contribution in [-0.4, -0.2) is 26.3 Å². The standard InChI is InChI=1S/C17H18O3S.CO2/c1-12-4-9-15(17(18)20-3)16(10-12)21-11-13-5-7-14(19-2)8-6-13;2-1-3/h4-10H,11H2,1-3H3;. The van der Waals surface area contributed by atoms with E-state index in [2.05, 4.69) is 0 Å². The van der Waals surface area contributed by atoms with Crippen molar-refractivity contribution in [3.63, 3.8) is 0 Å². The number of hydrogen-bond acceptors (Lipinski definition) is 6. The third kappa shape index (κ3) is 5.91. The van der Waals surface area contributed by atoms with Crippen LogP contribution in [0.5, 0.6) is 5.75 Å². The lowest BCUT2D eigenvalue weighted by molar-refractivity contribution is -0.191. The van der Waals surface area contributed by atoms with E-state index in [9.17, 15) is 4.79 Å². The van der Waals surface area contributed by atoms with E-state index in [0.717, 1.165) is 22.0 Å². The molecule has 2 aromatic carbocycles. The first-order chi connectivity index (χ1) is 11.5. The summed E-state index contributed by atoms with van der Waals surface area (Å²) in [5.74, 6) is 1.33. The maximum Gasteiger partial charge on any atom is 0.373 e. The minimum absolute atomic E-state index is 0.250. The molecule has 0 fully saturated rings. The van der Waals surface area contributed by atoms with Crippen LogP contribution < -0.4 is 4.74 Å². The molecular formula is C18H18O5S. The summed E-state index contributed by atoms with van der Waals surface area (Å²) in [5.41, 5.74) is 2.92. The molecule has 0 unspecified atom stereocenters. The Morgan fingerprint density at radius 2 is 1.71 bits per heavy atom. The van der Waals surface area contributed by atoms with E-state index in [1.165, 1.54) is 12.7 Å². The van der Waals surface area contributed by atoms with Crippen LogP contribution >= 0.6 is 11.8 Å². The van der Waals surface area contributed by atoms with Crippen molar-refractivity contribution in [2.75, 3.05) is 14.2 Å². The highest BCUT2D eigenvalue weighted by molar-refractivity contribution is 7.98. The maximum atomic E-state index is 11.8. The average molecular weight is 346 g/mol. The fourth-order valence-electron chi connectivity index (χ4n) is 1.91. The molecule has 0 bridgehead atoms. The van der Waals surface area contributed by atoms with Gasteiger partial charge in [0.1, 0.15) is 5.75 Å². The van der Waals surface area contributed by atoms with Gasteiger partial charge in [-0.1, -0.05) is 18.2 Å². The highest BCUT2D eigenvalue weighted by Gasteiger charge is 2.12. The fraction of sp³-hybridized carbons (Fsp3) is 0.222. The van der Waals surface area contributed by atoms with Crippen LogP contribution in [0.25, 0.3) is 0 Å². The molecule has 0 aliphatic heterocycles. The molecule has 0 N–H and O–H groups in total. The third-order valence-corrected chi connectivity index (χ3v) is 4.22. The quantitative estimate of drug-likeness (QED) is 0.610. The van der Waals surface area contributed by atoms with E-state index in [0.29, 0.717) is 5.56 Å². The molecule has 0 saturated heterocycles. The molecule has 24 heavy (non-hydrogen) atoms. The molecule has 0 aliphatic rings. The van der Waals surface area contributed by atoms with Gasteiger partial charge in [-0.2, -0.15) is 9.59 Å². The summed E-state index contributed by atoms with van der Waals surface area (Å²) in [7, 11) is 3.05. The highest BCUT2D eigenvalue weighted by atomic mass is 32.2.